The van der Waals surface area contributed by atoms with Crippen molar-refractivity contribution in [1.29, 1.82) is 0 Å². The quantitative estimate of drug-likeness (QED) is 0.323. The third kappa shape index (κ3) is 7.35. The third-order valence-electron chi connectivity index (χ3n) is 8.96. The number of aryl methyl sites for hydroxylation is 1. The fraction of sp³-hybridized carbons (Fsp3) is 0.500. The van der Waals surface area contributed by atoms with Gasteiger partial charge in [0.05, 0.1) is 14.2 Å². The molecule has 2 aliphatic heterocycles. The van der Waals surface area contributed by atoms with E-state index in [2.05, 4.69) is 57.5 Å². The summed E-state index contributed by atoms with van der Waals surface area (Å²) in [6, 6.07) is 14.6. The molecule has 0 unspecified atom stereocenters. The van der Waals surface area contributed by atoms with Crippen molar-refractivity contribution in [2.45, 2.75) is 26.3 Å². The summed E-state index contributed by atoms with van der Waals surface area (Å²) in [6.45, 7) is 13.1. The van der Waals surface area contributed by atoms with Crippen LogP contribution in [0.5, 0.6) is 11.5 Å². The predicted octanol–water partition coefficient (Wildman–Crippen LogP) is 4.00. The zero-order valence-corrected chi connectivity index (χ0v) is 25.8. The SMILES string of the molecule is COc1cccc(CCN2CCN(C(=O)/C=C/c3c(C)n(CCCN4CCN(C)CC4)c4ccc(OC)cc34)CC2)c1. The largest absolute Gasteiger partial charge is 0.497 e. The zero-order valence-electron chi connectivity index (χ0n) is 25.8. The first kappa shape index (κ1) is 30.1. The number of rotatable bonds is 11. The highest BCUT2D eigenvalue weighted by molar-refractivity contribution is 5.98. The number of carbonyl (C=O) groups is 1. The molecular weight excluding hydrogens is 526 g/mol. The van der Waals surface area contributed by atoms with Crippen LogP contribution in [-0.4, -0.2) is 117 Å². The van der Waals surface area contributed by atoms with Crippen molar-refractivity contribution in [3.05, 3.63) is 65.4 Å². The number of fused-ring (bicyclic) bond motifs is 1. The lowest BCUT2D eigenvalue weighted by Crippen LogP contribution is -2.48. The van der Waals surface area contributed by atoms with Crippen LogP contribution in [0.2, 0.25) is 0 Å². The molecule has 3 heterocycles. The number of hydrogen-bond acceptors (Lipinski definition) is 6. The summed E-state index contributed by atoms with van der Waals surface area (Å²) in [4.78, 5) is 22.6. The van der Waals surface area contributed by atoms with Crippen LogP contribution in [0.4, 0.5) is 0 Å². The van der Waals surface area contributed by atoms with Gasteiger partial charge in [0.15, 0.2) is 0 Å². The molecule has 0 bridgehead atoms. The van der Waals surface area contributed by atoms with E-state index >= 15 is 0 Å². The lowest BCUT2D eigenvalue weighted by Gasteiger charge is -2.34. The Morgan fingerprint density at radius 3 is 2.26 bits per heavy atom. The molecule has 0 N–H and O–H groups in total. The maximum absolute atomic E-state index is 13.2. The molecule has 226 valence electrons. The number of nitrogens with zero attached hydrogens (tertiary/aromatic N) is 5. The molecule has 1 aromatic heterocycles. The normalized spacial score (nSPS) is 17.4. The molecule has 2 aliphatic rings. The fourth-order valence-corrected chi connectivity index (χ4v) is 6.20. The molecule has 42 heavy (non-hydrogen) atoms. The average Bonchev–Trinajstić information content (AvgIpc) is 3.29. The van der Waals surface area contributed by atoms with Gasteiger partial charge in [0.25, 0.3) is 0 Å². The Morgan fingerprint density at radius 1 is 0.833 bits per heavy atom. The van der Waals surface area contributed by atoms with Crippen LogP contribution in [0.25, 0.3) is 17.0 Å². The van der Waals surface area contributed by atoms with E-state index in [4.69, 9.17) is 9.47 Å². The second-order valence-electron chi connectivity index (χ2n) is 11.6. The molecule has 0 radical (unpaired) electrons. The maximum Gasteiger partial charge on any atom is 0.246 e. The van der Waals surface area contributed by atoms with Crippen molar-refractivity contribution in [3.63, 3.8) is 0 Å². The van der Waals surface area contributed by atoms with E-state index in [9.17, 15) is 4.79 Å². The first-order valence-electron chi connectivity index (χ1n) is 15.3. The van der Waals surface area contributed by atoms with Gasteiger partial charge in [-0.3, -0.25) is 9.69 Å². The highest BCUT2D eigenvalue weighted by atomic mass is 16.5. The van der Waals surface area contributed by atoms with E-state index in [1.165, 1.54) is 16.8 Å². The zero-order chi connectivity index (χ0) is 29.5. The first-order valence-corrected chi connectivity index (χ1v) is 15.3. The van der Waals surface area contributed by atoms with Gasteiger partial charge in [-0.25, -0.2) is 0 Å². The summed E-state index contributed by atoms with van der Waals surface area (Å²) in [5, 5.41) is 1.14. The van der Waals surface area contributed by atoms with E-state index in [0.717, 1.165) is 107 Å². The molecule has 0 aliphatic carbocycles. The minimum absolute atomic E-state index is 0.0840. The standard InChI is InChI=1S/C34H47N5O3/c1-27-31(10-12-34(40)38-23-21-37(22-24-38)16-13-28-7-5-8-29(25-28)41-3)32-26-30(42-4)9-11-33(32)39(27)15-6-14-36-19-17-35(2)18-20-36/h5,7-12,25-26H,6,13-24H2,1-4H3/b12-10+. The molecule has 8 heteroatoms. The van der Waals surface area contributed by atoms with Gasteiger partial charge in [-0.15, -0.1) is 0 Å². The summed E-state index contributed by atoms with van der Waals surface area (Å²) >= 11 is 0. The number of hydrogen-bond donors (Lipinski definition) is 0. The number of aromatic nitrogens is 1. The Balaban J connectivity index is 1.20. The van der Waals surface area contributed by atoms with Crippen LogP contribution in [0, 0.1) is 6.92 Å². The maximum atomic E-state index is 13.2. The third-order valence-corrected chi connectivity index (χ3v) is 8.96. The summed E-state index contributed by atoms with van der Waals surface area (Å²) in [6.07, 6.45) is 5.87. The van der Waals surface area contributed by atoms with Crippen LogP contribution in [0.3, 0.4) is 0 Å². The Kier molecular flexibility index (Phi) is 10.2. The van der Waals surface area contributed by atoms with Crippen LogP contribution in [-0.2, 0) is 17.8 Å². The number of ether oxygens (including phenoxy) is 2. The molecule has 2 aromatic carbocycles. The molecule has 0 spiro atoms. The number of amides is 1. The molecule has 3 aromatic rings. The second-order valence-corrected chi connectivity index (χ2v) is 11.6. The van der Waals surface area contributed by atoms with Crippen molar-refractivity contribution in [2.75, 3.05) is 86.7 Å². The van der Waals surface area contributed by atoms with Gasteiger partial charge in [0.2, 0.25) is 5.91 Å². The number of piperazine rings is 2. The summed E-state index contributed by atoms with van der Waals surface area (Å²) in [5.41, 5.74) is 4.78. The average molecular weight is 574 g/mol. The minimum atomic E-state index is 0.0840. The summed E-state index contributed by atoms with van der Waals surface area (Å²) in [5.74, 6) is 1.82. The highest BCUT2D eigenvalue weighted by Gasteiger charge is 2.20. The number of carbonyl (C=O) groups excluding carboxylic acids is 1. The van der Waals surface area contributed by atoms with Gasteiger partial charge in [0, 0.05) is 93.7 Å². The first-order chi connectivity index (χ1) is 20.4. The molecule has 0 atom stereocenters. The van der Waals surface area contributed by atoms with Gasteiger partial charge < -0.3 is 28.7 Å². The number of methoxy groups -OCH3 is 2. The Bertz CT molecular complexity index is 1370. The highest BCUT2D eigenvalue weighted by Crippen LogP contribution is 2.31. The van der Waals surface area contributed by atoms with Crippen molar-refractivity contribution in [1.82, 2.24) is 24.2 Å². The summed E-state index contributed by atoms with van der Waals surface area (Å²) < 4.78 is 13.3. The second kappa shape index (κ2) is 14.2. The van der Waals surface area contributed by atoms with E-state index < -0.39 is 0 Å². The lowest BCUT2D eigenvalue weighted by molar-refractivity contribution is -0.127. The Hall–Kier alpha value is -3.33. The smallest absolute Gasteiger partial charge is 0.246 e. The lowest BCUT2D eigenvalue weighted by atomic mass is 10.1. The molecule has 2 saturated heterocycles. The van der Waals surface area contributed by atoms with Crippen LogP contribution in [0.1, 0.15) is 23.2 Å². The molecule has 2 fully saturated rings. The van der Waals surface area contributed by atoms with Crippen molar-refractivity contribution in [2.24, 2.45) is 0 Å². The van der Waals surface area contributed by atoms with Crippen molar-refractivity contribution >= 4 is 22.9 Å². The van der Waals surface area contributed by atoms with Gasteiger partial charge in [-0.2, -0.15) is 0 Å². The molecular formula is C34H47N5O3. The molecule has 5 rings (SSSR count). The topological polar surface area (TPSA) is 53.4 Å². The number of benzene rings is 2. The van der Waals surface area contributed by atoms with Crippen molar-refractivity contribution in [3.8, 4) is 11.5 Å². The molecule has 8 nitrogen and oxygen atoms in total. The summed E-state index contributed by atoms with van der Waals surface area (Å²) in [7, 11) is 5.61. The van der Waals surface area contributed by atoms with Gasteiger partial charge >= 0.3 is 0 Å². The molecule has 0 saturated carbocycles. The predicted molar refractivity (Wildman–Crippen MR) is 171 cm³/mol. The van der Waals surface area contributed by atoms with E-state index in [1.54, 1.807) is 20.3 Å². The van der Waals surface area contributed by atoms with Gasteiger partial charge in [0.1, 0.15) is 11.5 Å². The van der Waals surface area contributed by atoms with E-state index in [-0.39, 0.29) is 5.91 Å². The van der Waals surface area contributed by atoms with Gasteiger partial charge in [-0.1, -0.05) is 12.1 Å². The monoisotopic (exact) mass is 573 g/mol. The van der Waals surface area contributed by atoms with E-state index in [0.29, 0.717) is 0 Å². The Morgan fingerprint density at radius 2 is 1.52 bits per heavy atom. The van der Waals surface area contributed by atoms with Crippen LogP contribution in [0.15, 0.2) is 48.5 Å². The number of likely N-dealkylation sites (N-methyl/N-ethyl adjacent to an activating group) is 1. The Labute approximate surface area is 251 Å². The van der Waals surface area contributed by atoms with Crippen molar-refractivity contribution < 1.29 is 14.3 Å². The van der Waals surface area contributed by atoms with Crippen LogP contribution >= 0.6 is 0 Å². The van der Waals surface area contributed by atoms with E-state index in [1.807, 2.05) is 29.2 Å². The molecule has 1 amide bonds. The minimum Gasteiger partial charge on any atom is -0.497 e. The van der Waals surface area contributed by atoms with Gasteiger partial charge in [-0.05, 0) is 75.3 Å². The fourth-order valence-electron chi connectivity index (χ4n) is 6.20. The van der Waals surface area contributed by atoms with Crippen LogP contribution < -0.4 is 9.47 Å².